The molecule has 8 nitrogen and oxygen atoms in total. The normalized spacial score (nSPS) is 41.6. The van der Waals surface area contributed by atoms with Gasteiger partial charge in [0.2, 0.25) is 11.8 Å². The minimum absolute atomic E-state index is 0.199. The molecule has 3 N–H and O–H groups in total. The Morgan fingerprint density at radius 1 is 1.12 bits per heavy atom. The number of carbonyl (C=O) groups excluding carboxylic acids is 3. The van der Waals surface area contributed by atoms with Crippen LogP contribution in [0.3, 0.4) is 0 Å². The van der Waals surface area contributed by atoms with Crippen LogP contribution in [-0.4, -0.2) is 57.1 Å². The lowest BCUT2D eigenvalue weighted by Crippen LogP contribution is -2.83. The fourth-order valence-electron chi connectivity index (χ4n) is 8.37. The Morgan fingerprint density at radius 2 is 1.88 bits per heavy atom. The van der Waals surface area contributed by atoms with Crippen LogP contribution in [0.2, 0.25) is 0 Å². The number of carbonyl (C=O) groups is 3. The molecule has 8 rings (SSSR count). The Bertz CT molecular complexity index is 1270. The second-order valence-corrected chi connectivity index (χ2v) is 12.0. The zero-order chi connectivity index (χ0) is 24.1. The number of anilines is 1. The number of hydrogen-bond acceptors (Lipinski definition) is 5. The standard InChI is InChI=1S/C26H29N3O5/c1-22(2)10-8-13-15(34-22)7-6-14-17(13)27-20(32)25(14)18(30)26-16(23(25,3)4)12-24(19(31)28-26)9-5-11-29(24)21(26)33/h6-8,10,16,18,30H,5,9,11-12H2,1-4H3,(H,27,32)(H,28,31)/t16?,18-,24-,25?,26+/m0/s1. The number of hydrogen-bond donors (Lipinski definition) is 3. The number of aliphatic hydroxyl groups excluding tert-OH is 1. The van der Waals surface area contributed by atoms with E-state index in [0.29, 0.717) is 36.4 Å². The number of ether oxygens (including phenoxy) is 1. The molecule has 0 aromatic heterocycles. The maximum atomic E-state index is 14.0. The van der Waals surface area contributed by atoms with E-state index in [-0.39, 0.29) is 23.6 Å². The summed E-state index contributed by atoms with van der Waals surface area (Å²) in [5.41, 5.74) is -3.02. The third-order valence-electron chi connectivity index (χ3n) is 9.90. The largest absolute Gasteiger partial charge is 0.483 e. The average Bonchev–Trinajstić information content (AvgIpc) is 3.37. The predicted octanol–water partition coefficient (Wildman–Crippen LogP) is 1.71. The van der Waals surface area contributed by atoms with Gasteiger partial charge in [0.1, 0.15) is 33.9 Å². The first-order valence-corrected chi connectivity index (χ1v) is 12.1. The van der Waals surface area contributed by atoms with Crippen molar-refractivity contribution in [2.75, 3.05) is 11.9 Å². The van der Waals surface area contributed by atoms with Crippen LogP contribution in [0, 0.1) is 11.3 Å². The average molecular weight is 464 g/mol. The highest BCUT2D eigenvalue weighted by molar-refractivity contribution is 6.13. The maximum Gasteiger partial charge on any atom is 0.252 e. The summed E-state index contributed by atoms with van der Waals surface area (Å²) in [4.78, 5) is 43.0. The van der Waals surface area contributed by atoms with Crippen LogP contribution in [0.15, 0.2) is 18.2 Å². The molecule has 1 aliphatic carbocycles. The van der Waals surface area contributed by atoms with Crippen LogP contribution in [0.4, 0.5) is 5.69 Å². The molecule has 34 heavy (non-hydrogen) atoms. The SMILES string of the molecule is CC1(C)C=Cc2c(ccc3c2NC(=O)C32[C@H](O)[C@@]34NC(=O)[C@]5(CCCN5C3=O)CC4C2(C)C)O1. The highest BCUT2D eigenvalue weighted by Gasteiger charge is 2.85. The van der Waals surface area contributed by atoms with Crippen LogP contribution >= 0.6 is 0 Å². The number of piperazine rings is 1. The van der Waals surface area contributed by atoms with Crippen LogP contribution in [-0.2, 0) is 19.8 Å². The molecule has 3 amide bonds. The van der Waals surface area contributed by atoms with E-state index in [9.17, 15) is 19.5 Å². The lowest BCUT2D eigenvalue weighted by atomic mass is 9.57. The van der Waals surface area contributed by atoms with Gasteiger partial charge in [0.25, 0.3) is 5.91 Å². The van der Waals surface area contributed by atoms with Crippen molar-refractivity contribution in [2.24, 2.45) is 11.3 Å². The summed E-state index contributed by atoms with van der Waals surface area (Å²) in [5, 5.41) is 18.2. The van der Waals surface area contributed by atoms with E-state index in [4.69, 9.17) is 4.74 Å². The van der Waals surface area contributed by atoms with E-state index in [2.05, 4.69) is 10.6 Å². The van der Waals surface area contributed by atoms with Gasteiger partial charge >= 0.3 is 0 Å². The van der Waals surface area contributed by atoms with Crippen molar-refractivity contribution in [2.45, 2.75) is 75.2 Å². The van der Waals surface area contributed by atoms with Crippen LogP contribution < -0.4 is 15.4 Å². The minimum atomic E-state index is -1.52. The lowest BCUT2D eigenvalue weighted by molar-refractivity contribution is -0.180. The predicted molar refractivity (Wildman–Crippen MR) is 123 cm³/mol. The summed E-state index contributed by atoms with van der Waals surface area (Å²) < 4.78 is 6.11. The van der Waals surface area contributed by atoms with Crippen LogP contribution in [0.5, 0.6) is 5.75 Å². The van der Waals surface area contributed by atoms with Gasteiger partial charge in [0.15, 0.2) is 0 Å². The Hall–Kier alpha value is -2.87. The van der Waals surface area contributed by atoms with Crippen molar-refractivity contribution in [3.63, 3.8) is 0 Å². The van der Waals surface area contributed by atoms with Gasteiger partial charge in [-0.3, -0.25) is 14.4 Å². The smallest absolute Gasteiger partial charge is 0.252 e. The second-order valence-electron chi connectivity index (χ2n) is 12.0. The lowest BCUT2D eigenvalue weighted by Gasteiger charge is -2.59. The zero-order valence-corrected chi connectivity index (χ0v) is 19.8. The summed E-state index contributed by atoms with van der Waals surface area (Å²) in [6.07, 6.45) is 4.33. The van der Waals surface area contributed by atoms with Gasteiger partial charge in [-0.05, 0) is 62.3 Å². The number of fused-ring (bicyclic) bond motifs is 5. The summed E-state index contributed by atoms with van der Waals surface area (Å²) in [6.45, 7) is 8.37. The molecule has 178 valence electrons. The molecule has 4 saturated heterocycles. The molecule has 8 heteroatoms. The van der Waals surface area contributed by atoms with E-state index >= 15 is 0 Å². The molecule has 0 radical (unpaired) electrons. The minimum Gasteiger partial charge on any atom is -0.483 e. The molecule has 5 fully saturated rings. The van der Waals surface area contributed by atoms with Crippen molar-refractivity contribution in [1.82, 2.24) is 10.2 Å². The first kappa shape index (κ1) is 20.5. The van der Waals surface area contributed by atoms with Crippen molar-refractivity contribution >= 4 is 29.5 Å². The van der Waals surface area contributed by atoms with Gasteiger partial charge < -0.3 is 25.4 Å². The summed E-state index contributed by atoms with van der Waals surface area (Å²) in [7, 11) is 0. The van der Waals surface area contributed by atoms with Crippen molar-refractivity contribution in [1.29, 1.82) is 0 Å². The summed E-state index contributed by atoms with van der Waals surface area (Å²) in [5.74, 6) is -0.501. The number of rotatable bonds is 0. The van der Waals surface area contributed by atoms with E-state index in [0.717, 1.165) is 12.0 Å². The molecule has 1 aromatic rings. The van der Waals surface area contributed by atoms with Gasteiger partial charge in [0.05, 0.1) is 5.69 Å². The third-order valence-corrected chi connectivity index (χ3v) is 9.90. The topological polar surface area (TPSA) is 108 Å². The molecule has 3 spiro atoms. The van der Waals surface area contributed by atoms with Gasteiger partial charge in [-0.2, -0.15) is 0 Å². The molecule has 1 aromatic carbocycles. The van der Waals surface area contributed by atoms with E-state index in [1.165, 1.54) is 0 Å². The zero-order valence-electron chi connectivity index (χ0n) is 19.8. The van der Waals surface area contributed by atoms with E-state index < -0.39 is 33.6 Å². The van der Waals surface area contributed by atoms with Crippen molar-refractivity contribution in [3.8, 4) is 5.75 Å². The molecule has 1 saturated carbocycles. The number of nitrogens with zero attached hydrogens (tertiary/aromatic N) is 1. The molecular weight excluding hydrogens is 434 g/mol. The van der Waals surface area contributed by atoms with E-state index in [1.54, 1.807) is 4.90 Å². The van der Waals surface area contributed by atoms with Gasteiger partial charge in [0, 0.05) is 18.0 Å². The fourth-order valence-corrected chi connectivity index (χ4v) is 8.37. The molecule has 2 unspecified atom stereocenters. The quantitative estimate of drug-likeness (QED) is 0.543. The number of nitrogens with one attached hydrogen (secondary N) is 2. The van der Waals surface area contributed by atoms with E-state index in [1.807, 2.05) is 52.0 Å². The molecule has 5 atom stereocenters. The Morgan fingerprint density at radius 3 is 2.65 bits per heavy atom. The molecule has 7 aliphatic rings. The van der Waals surface area contributed by atoms with Gasteiger partial charge in [-0.15, -0.1) is 0 Å². The number of benzene rings is 1. The Balaban J connectivity index is 1.47. The van der Waals surface area contributed by atoms with Crippen LogP contribution in [0.25, 0.3) is 6.08 Å². The highest BCUT2D eigenvalue weighted by Crippen LogP contribution is 2.70. The first-order valence-electron chi connectivity index (χ1n) is 12.1. The highest BCUT2D eigenvalue weighted by atomic mass is 16.5. The number of amides is 3. The third kappa shape index (κ3) is 1.80. The molecular formula is C26H29N3O5. The summed E-state index contributed by atoms with van der Waals surface area (Å²) in [6, 6.07) is 3.69. The Labute approximate surface area is 197 Å². The maximum absolute atomic E-state index is 14.0. The van der Waals surface area contributed by atoms with Crippen molar-refractivity contribution in [3.05, 3.63) is 29.3 Å². The molecule has 2 bridgehead atoms. The molecule has 6 aliphatic heterocycles. The van der Waals surface area contributed by atoms with Crippen LogP contribution in [0.1, 0.15) is 58.1 Å². The van der Waals surface area contributed by atoms with Gasteiger partial charge in [-0.25, -0.2) is 0 Å². The Kier molecular flexibility index (Phi) is 3.32. The fraction of sp³-hybridized carbons (Fsp3) is 0.577. The van der Waals surface area contributed by atoms with Crippen molar-refractivity contribution < 1.29 is 24.2 Å². The van der Waals surface area contributed by atoms with Gasteiger partial charge in [-0.1, -0.05) is 19.9 Å². The summed E-state index contributed by atoms with van der Waals surface area (Å²) >= 11 is 0. The second kappa shape index (κ2) is 5.51. The number of aliphatic hydroxyl groups is 1. The monoisotopic (exact) mass is 463 g/mol. The molecule has 6 heterocycles. The number of piperidine rings is 2. The first-order chi connectivity index (χ1) is 15.9.